The molecule has 1 heterocycles. The predicted octanol–water partition coefficient (Wildman–Crippen LogP) is 1.76. The number of fused-ring (bicyclic) bond motifs is 1. The Bertz CT molecular complexity index is 545. The van der Waals surface area contributed by atoms with Gasteiger partial charge in [-0.25, -0.2) is 4.79 Å². The second-order valence-electron chi connectivity index (χ2n) is 3.49. The van der Waals surface area contributed by atoms with E-state index in [2.05, 4.69) is 5.32 Å². The molecule has 1 aromatic carbocycles. The van der Waals surface area contributed by atoms with Crippen molar-refractivity contribution < 1.29 is 15.0 Å². The van der Waals surface area contributed by atoms with Crippen LogP contribution in [0, 0.1) is 0 Å². The highest BCUT2D eigenvalue weighted by molar-refractivity contribution is 6.01. The van der Waals surface area contributed by atoms with Crippen LogP contribution in [0.5, 0.6) is 0 Å². The smallest absolute Gasteiger partial charge is 0.409 e. The highest BCUT2D eigenvalue weighted by Crippen LogP contribution is 2.30. The van der Waals surface area contributed by atoms with Crippen LogP contribution in [0.4, 0.5) is 10.5 Å². The van der Waals surface area contributed by atoms with E-state index in [0.29, 0.717) is 11.4 Å². The first-order chi connectivity index (χ1) is 7.65. The number of para-hydroxylation sites is 1. The van der Waals surface area contributed by atoms with Gasteiger partial charge < -0.3 is 14.8 Å². The van der Waals surface area contributed by atoms with Crippen molar-refractivity contribution in [2.75, 3.05) is 5.32 Å². The van der Waals surface area contributed by atoms with Crippen LogP contribution in [0.1, 0.15) is 5.69 Å². The third-order valence-electron chi connectivity index (χ3n) is 2.61. The zero-order valence-electron chi connectivity index (χ0n) is 8.77. The largest absolute Gasteiger partial charge is 0.465 e. The predicted molar refractivity (Wildman–Crippen MR) is 60.5 cm³/mol. The number of hydrogen-bond acceptors (Lipinski definition) is 2. The van der Waals surface area contributed by atoms with E-state index in [1.807, 2.05) is 24.3 Å². The fourth-order valence-electron chi connectivity index (χ4n) is 1.88. The van der Waals surface area contributed by atoms with E-state index in [1.165, 1.54) is 0 Å². The number of aromatic nitrogens is 1. The molecule has 84 valence electrons. The SMILES string of the molecule is Cn1c(CO)c(NC(=O)O)c2ccccc21. The lowest BCUT2D eigenvalue weighted by atomic mass is 10.2. The summed E-state index contributed by atoms with van der Waals surface area (Å²) in [6, 6.07) is 7.39. The van der Waals surface area contributed by atoms with Gasteiger partial charge in [0.1, 0.15) is 0 Å². The van der Waals surface area contributed by atoms with Crippen LogP contribution in [0.2, 0.25) is 0 Å². The topological polar surface area (TPSA) is 74.5 Å². The molecule has 16 heavy (non-hydrogen) atoms. The lowest BCUT2D eigenvalue weighted by Gasteiger charge is -2.03. The van der Waals surface area contributed by atoms with E-state index < -0.39 is 6.09 Å². The summed E-state index contributed by atoms with van der Waals surface area (Å²) in [7, 11) is 1.79. The molecule has 0 atom stereocenters. The number of hydrogen-bond donors (Lipinski definition) is 3. The highest BCUT2D eigenvalue weighted by Gasteiger charge is 2.15. The zero-order chi connectivity index (χ0) is 11.7. The van der Waals surface area contributed by atoms with Gasteiger partial charge in [0.05, 0.1) is 23.5 Å². The maximum Gasteiger partial charge on any atom is 0.409 e. The molecule has 0 bridgehead atoms. The van der Waals surface area contributed by atoms with Crippen LogP contribution in [0.15, 0.2) is 24.3 Å². The van der Waals surface area contributed by atoms with Gasteiger partial charge in [-0.05, 0) is 6.07 Å². The minimum Gasteiger partial charge on any atom is -0.465 e. The summed E-state index contributed by atoms with van der Waals surface area (Å²) in [5, 5.41) is 21.1. The number of benzene rings is 1. The Labute approximate surface area is 91.9 Å². The average Bonchev–Trinajstić information content (AvgIpc) is 2.52. The number of carboxylic acid groups (broad SMARTS) is 1. The van der Waals surface area contributed by atoms with Gasteiger partial charge in [0.2, 0.25) is 0 Å². The molecule has 0 aliphatic carbocycles. The van der Waals surface area contributed by atoms with Gasteiger partial charge in [-0.15, -0.1) is 0 Å². The normalized spacial score (nSPS) is 10.6. The molecule has 0 spiro atoms. The van der Waals surface area contributed by atoms with E-state index in [-0.39, 0.29) is 6.61 Å². The molecule has 1 aromatic heterocycles. The summed E-state index contributed by atoms with van der Waals surface area (Å²) in [5.74, 6) is 0. The van der Waals surface area contributed by atoms with Crippen LogP contribution in [0.3, 0.4) is 0 Å². The Kier molecular flexibility index (Phi) is 2.54. The van der Waals surface area contributed by atoms with Gasteiger partial charge in [-0.2, -0.15) is 0 Å². The van der Waals surface area contributed by atoms with Crippen molar-refractivity contribution in [1.82, 2.24) is 4.57 Å². The molecule has 0 saturated heterocycles. The Morgan fingerprint density at radius 1 is 1.44 bits per heavy atom. The first-order valence-electron chi connectivity index (χ1n) is 4.82. The summed E-state index contributed by atoms with van der Waals surface area (Å²) in [5.41, 5.74) is 1.90. The van der Waals surface area contributed by atoms with Crippen LogP contribution in [-0.4, -0.2) is 20.9 Å². The molecular weight excluding hydrogens is 208 g/mol. The molecular formula is C11H12N2O3. The molecule has 2 aromatic rings. The Morgan fingerprint density at radius 3 is 2.75 bits per heavy atom. The molecule has 0 fully saturated rings. The third-order valence-corrected chi connectivity index (χ3v) is 2.61. The zero-order valence-corrected chi connectivity index (χ0v) is 8.77. The minimum absolute atomic E-state index is 0.208. The first kappa shape index (κ1) is 10.5. The number of aliphatic hydroxyl groups is 1. The second kappa shape index (κ2) is 3.86. The first-order valence-corrected chi connectivity index (χ1v) is 4.82. The fourth-order valence-corrected chi connectivity index (χ4v) is 1.88. The number of aryl methyl sites for hydroxylation is 1. The third kappa shape index (κ3) is 1.51. The van der Waals surface area contributed by atoms with E-state index in [9.17, 15) is 9.90 Å². The van der Waals surface area contributed by atoms with E-state index >= 15 is 0 Å². The van der Waals surface area contributed by atoms with Crippen molar-refractivity contribution in [1.29, 1.82) is 0 Å². The molecule has 0 radical (unpaired) electrons. The number of amides is 1. The van der Waals surface area contributed by atoms with Gasteiger partial charge in [0, 0.05) is 12.4 Å². The molecule has 5 heteroatoms. The van der Waals surface area contributed by atoms with Crippen molar-refractivity contribution in [3.63, 3.8) is 0 Å². The molecule has 0 aliphatic heterocycles. The second-order valence-corrected chi connectivity index (χ2v) is 3.49. The van der Waals surface area contributed by atoms with E-state index in [4.69, 9.17) is 5.11 Å². The number of nitrogens with one attached hydrogen (secondary N) is 1. The summed E-state index contributed by atoms with van der Waals surface area (Å²) in [4.78, 5) is 10.7. The van der Waals surface area contributed by atoms with Gasteiger partial charge in [0.15, 0.2) is 0 Å². The average molecular weight is 220 g/mol. The maximum absolute atomic E-state index is 10.7. The molecule has 2 rings (SSSR count). The Hall–Kier alpha value is -2.01. The van der Waals surface area contributed by atoms with Gasteiger partial charge in [0.25, 0.3) is 0 Å². The Balaban J connectivity index is 2.72. The Morgan fingerprint density at radius 2 is 2.12 bits per heavy atom. The number of rotatable bonds is 2. The highest BCUT2D eigenvalue weighted by atomic mass is 16.4. The van der Waals surface area contributed by atoms with Gasteiger partial charge in [-0.1, -0.05) is 18.2 Å². The molecule has 1 amide bonds. The van der Waals surface area contributed by atoms with E-state index in [1.54, 1.807) is 11.6 Å². The summed E-state index contributed by atoms with van der Waals surface area (Å²) in [6.45, 7) is -0.208. The van der Waals surface area contributed by atoms with Crippen molar-refractivity contribution >= 4 is 22.7 Å². The summed E-state index contributed by atoms with van der Waals surface area (Å²) < 4.78 is 1.78. The standard InChI is InChI=1S/C11H12N2O3/c1-13-8-5-3-2-4-7(8)10(9(13)6-14)12-11(15)16/h2-5,12,14H,6H2,1H3,(H,15,16). The lowest BCUT2D eigenvalue weighted by molar-refractivity contribution is 0.209. The number of carbonyl (C=O) groups is 1. The van der Waals surface area contributed by atoms with Gasteiger partial charge in [-0.3, -0.25) is 5.32 Å². The van der Waals surface area contributed by atoms with Crippen molar-refractivity contribution in [3.8, 4) is 0 Å². The van der Waals surface area contributed by atoms with Crippen molar-refractivity contribution in [2.24, 2.45) is 7.05 Å². The van der Waals surface area contributed by atoms with Crippen LogP contribution in [-0.2, 0) is 13.7 Å². The lowest BCUT2D eigenvalue weighted by Crippen LogP contribution is -2.09. The quantitative estimate of drug-likeness (QED) is 0.721. The maximum atomic E-state index is 10.7. The number of anilines is 1. The van der Waals surface area contributed by atoms with Crippen LogP contribution < -0.4 is 5.32 Å². The summed E-state index contributed by atoms with van der Waals surface area (Å²) in [6.07, 6.45) is -1.13. The molecule has 0 aliphatic rings. The monoisotopic (exact) mass is 220 g/mol. The van der Waals surface area contributed by atoms with Crippen LogP contribution in [0.25, 0.3) is 10.9 Å². The number of nitrogens with zero attached hydrogens (tertiary/aromatic N) is 1. The van der Waals surface area contributed by atoms with Crippen molar-refractivity contribution in [3.05, 3.63) is 30.0 Å². The molecule has 0 saturated carbocycles. The fraction of sp³-hybridized carbons (Fsp3) is 0.182. The van der Waals surface area contributed by atoms with Gasteiger partial charge >= 0.3 is 6.09 Å². The summed E-state index contributed by atoms with van der Waals surface area (Å²) >= 11 is 0. The van der Waals surface area contributed by atoms with E-state index in [0.717, 1.165) is 10.9 Å². The molecule has 3 N–H and O–H groups in total. The number of aliphatic hydroxyl groups excluding tert-OH is 1. The van der Waals surface area contributed by atoms with Crippen molar-refractivity contribution in [2.45, 2.75) is 6.61 Å². The minimum atomic E-state index is -1.13. The molecule has 0 unspecified atom stereocenters. The molecule has 5 nitrogen and oxygen atoms in total. The van der Waals surface area contributed by atoms with Crippen LogP contribution >= 0.6 is 0 Å².